The van der Waals surface area contributed by atoms with Crippen molar-refractivity contribution < 1.29 is 9.53 Å². The van der Waals surface area contributed by atoms with Crippen LogP contribution in [0.4, 0.5) is 0 Å². The van der Waals surface area contributed by atoms with E-state index in [1.165, 1.54) is 17.7 Å². The number of thioether (sulfide) groups is 1. The molecule has 0 aliphatic carbocycles. The molecule has 1 aliphatic rings. The van der Waals surface area contributed by atoms with Gasteiger partial charge >= 0.3 is 5.97 Å². The van der Waals surface area contributed by atoms with Gasteiger partial charge in [-0.3, -0.25) is 0 Å². The van der Waals surface area contributed by atoms with Gasteiger partial charge in [0.15, 0.2) is 0 Å². The number of carbonyl (C=O) groups is 1. The molecule has 2 aromatic rings. The van der Waals surface area contributed by atoms with Crippen LogP contribution in [0.2, 0.25) is 0 Å². The first-order valence-corrected chi connectivity index (χ1v) is 7.66. The van der Waals surface area contributed by atoms with Crippen molar-refractivity contribution in [3.63, 3.8) is 0 Å². The highest BCUT2D eigenvalue weighted by atomic mass is 32.2. The predicted molar refractivity (Wildman–Crippen MR) is 79.6 cm³/mol. The standard InChI is InChI=1S/C16H15NO2S/c18-16(19-11-12-4-2-1-3-5-12)14-7-6-13(10-17-14)15-8-9-20-15/h1-7,10,15H,8-9,11H2. The van der Waals surface area contributed by atoms with Gasteiger partial charge in [0, 0.05) is 11.4 Å². The Kier molecular flexibility index (Phi) is 4.02. The molecule has 4 heteroatoms. The molecular weight excluding hydrogens is 270 g/mol. The largest absolute Gasteiger partial charge is 0.456 e. The summed E-state index contributed by atoms with van der Waals surface area (Å²) in [5.41, 5.74) is 2.54. The highest BCUT2D eigenvalue weighted by molar-refractivity contribution is 8.00. The number of hydrogen-bond acceptors (Lipinski definition) is 4. The minimum absolute atomic E-state index is 0.279. The average molecular weight is 285 g/mol. The summed E-state index contributed by atoms with van der Waals surface area (Å²) in [5, 5.41) is 0.553. The molecule has 1 unspecified atom stereocenters. The van der Waals surface area contributed by atoms with Gasteiger partial charge in [-0.2, -0.15) is 11.8 Å². The molecule has 20 heavy (non-hydrogen) atoms. The van der Waals surface area contributed by atoms with Gasteiger partial charge in [0.05, 0.1) is 0 Å². The number of rotatable bonds is 4. The monoisotopic (exact) mass is 285 g/mol. The fourth-order valence-corrected chi connectivity index (χ4v) is 2.82. The molecule has 1 aromatic carbocycles. The Balaban J connectivity index is 1.59. The molecule has 0 amide bonds. The Morgan fingerprint density at radius 1 is 1.25 bits per heavy atom. The van der Waals surface area contributed by atoms with Crippen LogP contribution in [0.15, 0.2) is 48.7 Å². The van der Waals surface area contributed by atoms with Crippen LogP contribution >= 0.6 is 11.8 Å². The summed E-state index contributed by atoms with van der Waals surface area (Å²) in [6, 6.07) is 13.4. The maximum Gasteiger partial charge on any atom is 0.357 e. The van der Waals surface area contributed by atoms with Crippen LogP contribution in [0.25, 0.3) is 0 Å². The predicted octanol–water partition coefficient (Wildman–Crippen LogP) is 3.62. The fraction of sp³-hybridized carbons (Fsp3) is 0.250. The molecule has 2 heterocycles. The topological polar surface area (TPSA) is 39.2 Å². The van der Waals surface area contributed by atoms with E-state index >= 15 is 0 Å². The molecule has 1 saturated heterocycles. The Morgan fingerprint density at radius 2 is 2.05 bits per heavy atom. The van der Waals surface area contributed by atoms with Crippen molar-refractivity contribution in [3.05, 3.63) is 65.5 Å². The van der Waals surface area contributed by atoms with Gasteiger partial charge in [0.25, 0.3) is 0 Å². The number of ether oxygens (including phenoxy) is 1. The highest BCUT2D eigenvalue weighted by Gasteiger charge is 2.20. The zero-order valence-electron chi connectivity index (χ0n) is 11.0. The van der Waals surface area contributed by atoms with E-state index in [9.17, 15) is 4.79 Å². The number of hydrogen-bond donors (Lipinski definition) is 0. The van der Waals surface area contributed by atoms with Gasteiger partial charge in [0.2, 0.25) is 0 Å². The van der Waals surface area contributed by atoms with E-state index < -0.39 is 0 Å². The Morgan fingerprint density at radius 3 is 2.65 bits per heavy atom. The van der Waals surface area contributed by atoms with Crippen LogP contribution in [0.3, 0.4) is 0 Å². The van der Waals surface area contributed by atoms with E-state index in [2.05, 4.69) is 4.98 Å². The summed E-state index contributed by atoms with van der Waals surface area (Å²) >= 11 is 1.92. The maximum absolute atomic E-state index is 11.9. The summed E-state index contributed by atoms with van der Waals surface area (Å²) in [6.45, 7) is 0.279. The third-order valence-electron chi connectivity index (χ3n) is 3.28. The number of pyridine rings is 1. The molecule has 102 valence electrons. The lowest BCUT2D eigenvalue weighted by atomic mass is 10.1. The first kappa shape index (κ1) is 13.2. The molecule has 1 aliphatic heterocycles. The molecule has 0 saturated carbocycles. The van der Waals surface area contributed by atoms with Crippen LogP contribution in [0.1, 0.15) is 33.3 Å². The van der Waals surface area contributed by atoms with E-state index in [1.807, 2.05) is 48.2 Å². The zero-order chi connectivity index (χ0) is 13.8. The Bertz CT molecular complexity index is 579. The summed E-state index contributed by atoms with van der Waals surface area (Å²) in [6.07, 6.45) is 2.99. The van der Waals surface area contributed by atoms with E-state index in [-0.39, 0.29) is 12.6 Å². The van der Waals surface area contributed by atoms with Gasteiger partial charge in [0.1, 0.15) is 12.3 Å². The number of esters is 1. The SMILES string of the molecule is O=C(OCc1ccccc1)c1ccc(C2CCS2)cn1. The van der Waals surface area contributed by atoms with E-state index in [4.69, 9.17) is 4.74 Å². The van der Waals surface area contributed by atoms with Crippen LogP contribution in [-0.2, 0) is 11.3 Å². The average Bonchev–Trinajstić information content (AvgIpc) is 2.45. The van der Waals surface area contributed by atoms with Crippen molar-refractivity contribution in [2.24, 2.45) is 0 Å². The van der Waals surface area contributed by atoms with E-state index in [1.54, 1.807) is 12.3 Å². The van der Waals surface area contributed by atoms with Gasteiger partial charge in [-0.1, -0.05) is 36.4 Å². The molecule has 0 spiro atoms. The zero-order valence-corrected chi connectivity index (χ0v) is 11.8. The number of carbonyl (C=O) groups excluding carboxylic acids is 1. The smallest absolute Gasteiger partial charge is 0.357 e. The Hall–Kier alpha value is -1.81. The highest BCUT2D eigenvalue weighted by Crippen LogP contribution is 2.41. The van der Waals surface area contributed by atoms with Gasteiger partial charge < -0.3 is 4.74 Å². The lowest BCUT2D eigenvalue weighted by Crippen LogP contribution is -2.10. The van der Waals surface area contributed by atoms with Crippen molar-refractivity contribution in [1.82, 2.24) is 4.98 Å². The van der Waals surface area contributed by atoms with Crippen LogP contribution in [-0.4, -0.2) is 16.7 Å². The number of aromatic nitrogens is 1. The lowest BCUT2D eigenvalue weighted by molar-refractivity contribution is 0.0465. The lowest BCUT2D eigenvalue weighted by Gasteiger charge is -2.24. The van der Waals surface area contributed by atoms with Crippen molar-refractivity contribution in [2.45, 2.75) is 18.3 Å². The van der Waals surface area contributed by atoms with Gasteiger partial charge in [-0.05, 0) is 29.4 Å². The number of nitrogens with zero attached hydrogens (tertiary/aromatic N) is 1. The van der Waals surface area contributed by atoms with Crippen molar-refractivity contribution in [2.75, 3.05) is 5.75 Å². The van der Waals surface area contributed by atoms with Gasteiger partial charge in [-0.15, -0.1) is 0 Å². The first-order chi connectivity index (χ1) is 9.83. The molecule has 0 bridgehead atoms. The minimum atomic E-state index is -0.373. The third kappa shape index (κ3) is 3.02. The quantitative estimate of drug-likeness (QED) is 0.804. The van der Waals surface area contributed by atoms with Crippen LogP contribution in [0.5, 0.6) is 0 Å². The molecule has 1 atom stereocenters. The van der Waals surface area contributed by atoms with Crippen molar-refractivity contribution in [3.8, 4) is 0 Å². The summed E-state index contributed by atoms with van der Waals surface area (Å²) in [7, 11) is 0. The minimum Gasteiger partial charge on any atom is -0.456 e. The Labute approximate surface area is 122 Å². The molecule has 1 fully saturated rings. The van der Waals surface area contributed by atoms with E-state index in [0.29, 0.717) is 10.9 Å². The molecular formula is C16H15NO2S. The normalized spacial score (nSPS) is 17.3. The van der Waals surface area contributed by atoms with E-state index in [0.717, 1.165) is 5.56 Å². The second kappa shape index (κ2) is 6.09. The second-order valence-corrected chi connectivity index (χ2v) is 6.00. The molecule has 0 N–H and O–H groups in total. The van der Waals surface area contributed by atoms with Crippen LogP contribution < -0.4 is 0 Å². The van der Waals surface area contributed by atoms with Crippen LogP contribution in [0, 0.1) is 0 Å². The van der Waals surface area contributed by atoms with Crippen molar-refractivity contribution >= 4 is 17.7 Å². The van der Waals surface area contributed by atoms with Gasteiger partial charge in [-0.25, -0.2) is 9.78 Å². The summed E-state index contributed by atoms with van der Waals surface area (Å²) in [5.74, 6) is 0.840. The molecule has 1 aromatic heterocycles. The molecule has 3 nitrogen and oxygen atoms in total. The fourth-order valence-electron chi connectivity index (χ4n) is 2.01. The first-order valence-electron chi connectivity index (χ1n) is 6.61. The number of benzene rings is 1. The second-order valence-electron chi connectivity index (χ2n) is 4.69. The maximum atomic E-state index is 11.9. The molecule has 3 rings (SSSR count). The van der Waals surface area contributed by atoms with Crippen molar-refractivity contribution in [1.29, 1.82) is 0 Å². The third-order valence-corrected chi connectivity index (χ3v) is 4.66. The summed E-state index contributed by atoms with van der Waals surface area (Å²) in [4.78, 5) is 16.1. The molecule has 0 radical (unpaired) electrons. The summed E-state index contributed by atoms with van der Waals surface area (Å²) < 4.78 is 5.25.